The lowest BCUT2D eigenvalue weighted by molar-refractivity contribution is 0.0936. The average Bonchev–Trinajstić information content (AvgIpc) is 3.23. The molecule has 4 rings (SSSR count). The molecule has 0 aliphatic heterocycles. The molecule has 26 heavy (non-hydrogen) atoms. The highest BCUT2D eigenvalue weighted by molar-refractivity contribution is 5.92. The molecule has 3 aromatic rings. The van der Waals surface area contributed by atoms with Crippen LogP contribution < -0.4 is 10.1 Å². The number of nitrogens with one attached hydrogen (secondary N) is 2. The maximum Gasteiger partial charge on any atom is 0.272 e. The lowest BCUT2D eigenvalue weighted by Crippen LogP contribution is -2.31. The van der Waals surface area contributed by atoms with Gasteiger partial charge in [0, 0.05) is 31.1 Å². The molecule has 1 aromatic carbocycles. The first kappa shape index (κ1) is 16.4. The van der Waals surface area contributed by atoms with Gasteiger partial charge in [-0.2, -0.15) is 5.10 Å². The van der Waals surface area contributed by atoms with Gasteiger partial charge in [-0.1, -0.05) is 12.1 Å². The van der Waals surface area contributed by atoms with Gasteiger partial charge in [-0.25, -0.2) is 4.98 Å². The van der Waals surface area contributed by atoms with Gasteiger partial charge >= 0.3 is 0 Å². The van der Waals surface area contributed by atoms with Gasteiger partial charge in [-0.3, -0.25) is 9.89 Å². The summed E-state index contributed by atoms with van der Waals surface area (Å²) in [6.45, 7) is 0. The van der Waals surface area contributed by atoms with Crippen molar-refractivity contribution in [1.29, 1.82) is 0 Å². The second-order valence-electron chi connectivity index (χ2n) is 6.56. The Hall–Kier alpha value is -3.09. The third-order valence-corrected chi connectivity index (χ3v) is 4.69. The molecule has 7 heteroatoms. The van der Waals surface area contributed by atoms with Crippen molar-refractivity contribution in [2.45, 2.75) is 24.8 Å². The summed E-state index contributed by atoms with van der Waals surface area (Å²) in [5, 5.41) is 10.2. The Labute approximate surface area is 151 Å². The van der Waals surface area contributed by atoms with Crippen LogP contribution in [-0.2, 0) is 7.05 Å². The minimum Gasteiger partial charge on any atom is -0.497 e. The second-order valence-corrected chi connectivity index (χ2v) is 6.56. The molecule has 134 valence electrons. The topological polar surface area (TPSA) is 84.8 Å². The molecule has 7 nitrogen and oxygen atoms in total. The van der Waals surface area contributed by atoms with Gasteiger partial charge in [-0.15, -0.1) is 0 Å². The molecule has 1 saturated carbocycles. The monoisotopic (exact) mass is 351 g/mol. The highest BCUT2D eigenvalue weighted by Gasteiger charge is 2.28. The van der Waals surface area contributed by atoms with Gasteiger partial charge in [0.2, 0.25) is 0 Å². The Morgan fingerprint density at radius 2 is 2.12 bits per heavy atom. The minimum absolute atomic E-state index is 0.225. The molecular weight excluding hydrogens is 330 g/mol. The predicted octanol–water partition coefficient (Wildman–Crippen LogP) is 2.55. The summed E-state index contributed by atoms with van der Waals surface area (Å²) in [4.78, 5) is 17.2. The largest absolute Gasteiger partial charge is 0.497 e. The Bertz CT molecular complexity index is 908. The number of methoxy groups -OCH3 is 1. The molecule has 1 aliphatic carbocycles. The van der Waals surface area contributed by atoms with Crippen LogP contribution in [0.4, 0.5) is 0 Å². The highest BCUT2D eigenvalue weighted by atomic mass is 16.5. The molecule has 0 saturated heterocycles. The van der Waals surface area contributed by atoms with E-state index in [1.54, 1.807) is 13.3 Å². The number of hydrogen-bond acceptors (Lipinski definition) is 4. The van der Waals surface area contributed by atoms with E-state index in [1.807, 2.05) is 48.1 Å². The smallest absolute Gasteiger partial charge is 0.272 e. The fourth-order valence-corrected chi connectivity index (χ4v) is 3.01. The fourth-order valence-electron chi connectivity index (χ4n) is 3.01. The van der Waals surface area contributed by atoms with Crippen LogP contribution in [0.15, 0.2) is 42.7 Å². The number of rotatable bonds is 6. The molecule has 1 fully saturated rings. The summed E-state index contributed by atoms with van der Waals surface area (Å²) in [6.07, 6.45) is 5.89. The zero-order valence-electron chi connectivity index (χ0n) is 14.8. The number of amides is 1. The molecule has 2 aromatic heterocycles. The van der Waals surface area contributed by atoms with Crippen molar-refractivity contribution in [3.05, 3.63) is 65.5 Å². The number of nitrogens with zero attached hydrogens (tertiary/aromatic N) is 3. The molecule has 2 heterocycles. The maximum absolute atomic E-state index is 12.8. The predicted molar refractivity (Wildman–Crippen MR) is 96.1 cm³/mol. The molecule has 1 amide bonds. The van der Waals surface area contributed by atoms with E-state index in [2.05, 4.69) is 20.5 Å². The first-order chi connectivity index (χ1) is 12.7. The van der Waals surface area contributed by atoms with Crippen LogP contribution in [0.5, 0.6) is 5.75 Å². The van der Waals surface area contributed by atoms with Crippen molar-refractivity contribution >= 4 is 5.91 Å². The van der Waals surface area contributed by atoms with Gasteiger partial charge < -0.3 is 14.6 Å². The molecule has 1 atom stereocenters. The van der Waals surface area contributed by atoms with Crippen LogP contribution >= 0.6 is 0 Å². The summed E-state index contributed by atoms with van der Waals surface area (Å²) in [6, 6.07) is 9.07. The number of carbonyl (C=O) groups excluding carboxylic acids is 1. The van der Waals surface area contributed by atoms with Crippen molar-refractivity contribution in [3.63, 3.8) is 0 Å². The number of ether oxygens (including phenoxy) is 1. The molecule has 1 aliphatic rings. The number of hydrogen-bond donors (Lipinski definition) is 2. The number of aromatic nitrogens is 4. The minimum atomic E-state index is -0.380. The van der Waals surface area contributed by atoms with Gasteiger partial charge in [0.1, 0.15) is 23.3 Å². The molecule has 0 bridgehead atoms. The Morgan fingerprint density at radius 1 is 1.35 bits per heavy atom. The first-order valence-corrected chi connectivity index (χ1v) is 8.63. The number of aryl methyl sites for hydroxylation is 1. The van der Waals surface area contributed by atoms with E-state index in [0.717, 1.165) is 35.7 Å². The van der Waals surface area contributed by atoms with E-state index >= 15 is 0 Å². The van der Waals surface area contributed by atoms with Gasteiger partial charge in [0.05, 0.1) is 7.11 Å². The van der Waals surface area contributed by atoms with E-state index < -0.39 is 0 Å². The van der Waals surface area contributed by atoms with E-state index in [9.17, 15) is 4.79 Å². The first-order valence-electron chi connectivity index (χ1n) is 8.63. The van der Waals surface area contributed by atoms with Crippen molar-refractivity contribution in [2.24, 2.45) is 7.05 Å². The van der Waals surface area contributed by atoms with Crippen molar-refractivity contribution < 1.29 is 9.53 Å². The standard InChI is InChI=1S/C19H21N5O2/c1-24-10-9-20-18(24)17(13-5-7-14(26-2)8-6-13)21-19(25)16-11-15(22-23-16)12-3-4-12/h5-12,17H,3-4H2,1-2H3,(H,21,25)(H,22,23). The quantitative estimate of drug-likeness (QED) is 0.715. The summed E-state index contributed by atoms with van der Waals surface area (Å²) < 4.78 is 7.12. The molecule has 0 radical (unpaired) electrons. The summed E-state index contributed by atoms with van der Waals surface area (Å²) in [7, 11) is 3.53. The van der Waals surface area contributed by atoms with Crippen LogP contribution in [0.25, 0.3) is 0 Å². The zero-order chi connectivity index (χ0) is 18.1. The Balaban J connectivity index is 1.61. The lowest BCUT2D eigenvalue weighted by Gasteiger charge is -2.19. The number of aromatic amines is 1. The number of carbonyl (C=O) groups is 1. The van der Waals surface area contributed by atoms with E-state index in [-0.39, 0.29) is 11.9 Å². The van der Waals surface area contributed by atoms with Crippen LogP contribution in [-0.4, -0.2) is 32.8 Å². The van der Waals surface area contributed by atoms with Crippen LogP contribution in [0.3, 0.4) is 0 Å². The maximum atomic E-state index is 12.8. The molecular formula is C19H21N5O2. The molecule has 1 unspecified atom stereocenters. The Kier molecular flexibility index (Phi) is 4.20. The van der Waals surface area contributed by atoms with Gasteiger partial charge in [0.25, 0.3) is 5.91 Å². The number of H-pyrrole nitrogens is 1. The van der Waals surface area contributed by atoms with E-state index in [0.29, 0.717) is 11.6 Å². The summed E-state index contributed by atoms with van der Waals surface area (Å²) >= 11 is 0. The van der Waals surface area contributed by atoms with Crippen LogP contribution in [0.1, 0.15) is 52.4 Å². The molecule has 0 spiro atoms. The number of imidazole rings is 1. The lowest BCUT2D eigenvalue weighted by atomic mass is 10.1. The van der Waals surface area contributed by atoms with Crippen molar-refractivity contribution in [3.8, 4) is 5.75 Å². The van der Waals surface area contributed by atoms with Crippen molar-refractivity contribution in [1.82, 2.24) is 25.1 Å². The fraction of sp³-hybridized carbons (Fsp3) is 0.316. The molecule has 2 N–H and O–H groups in total. The third kappa shape index (κ3) is 3.20. The van der Waals surface area contributed by atoms with E-state index in [1.165, 1.54) is 0 Å². The number of benzene rings is 1. The third-order valence-electron chi connectivity index (χ3n) is 4.69. The SMILES string of the molecule is COc1ccc(C(NC(=O)c2cc(C3CC3)[nH]n2)c2nccn2C)cc1. The summed E-state index contributed by atoms with van der Waals surface area (Å²) in [5.41, 5.74) is 2.36. The zero-order valence-corrected chi connectivity index (χ0v) is 14.8. The Morgan fingerprint density at radius 3 is 2.73 bits per heavy atom. The van der Waals surface area contributed by atoms with Crippen LogP contribution in [0.2, 0.25) is 0 Å². The van der Waals surface area contributed by atoms with Crippen LogP contribution in [0, 0.1) is 0 Å². The van der Waals surface area contributed by atoms with Gasteiger partial charge in [-0.05, 0) is 36.6 Å². The summed E-state index contributed by atoms with van der Waals surface area (Å²) in [5.74, 6) is 1.81. The highest BCUT2D eigenvalue weighted by Crippen LogP contribution is 2.39. The average molecular weight is 351 g/mol. The van der Waals surface area contributed by atoms with Crippen molar-refractivity contribution in [2.75, 3.05) is 7.11 Å². The van der Waals surface area contributed by atoms with E-state index in [4.69, 9.17) is 4.74 Å². The normalized spacial score (nSPS) is 14.8. The second kappa shape index (κ2) is 6.67. The van der Waals surface area contributed by atoms with Gasteiger partial charge in [0.15, 0.2) is 0 Å².